The molecule has 0 N–H and O–H groups in total. The molecule has 1 heterocycles. The molecule has 0 aliphatic rings. The number of alkyl halides is 3. The first-order valence-corrected chi connectivity index (χ1v) is 7.16. The Kier molecular flexibility index (Phi) is 4.29. The smallest absolute Gasteiger partial charge is 0.258 e. The Balaban J connectivity index is 2.08. The molecule has 0 saturated carbocycles. The van der Waals surface area contributed by atoms with Crippen molar-refractivity contribution >= 4 is 10.1 Å². The van der Waals surface area contributed by atoms with Crippen LogP contribution in [0.2, 0.25) is 0 Å². The molecule has 0 bridgehead atoms. The maximum atomic E-state index is 12.1. The molecule has 0 aliphatic carbocycles. The highest BCUT2D eigenvalue weighted by atomic mass is 32.2. The second-order valence-electron chi connectivity index (χ2n) is 4.08. The maximum Gasteiger partial charge on any atom is 0.523 e. The number of nitrogens with zero attached hydrogens (tertiary/aromatic N) is 1. The van der Waals surface area contributed by atoms with E-state index in [2.05, 4.69) is 9.17 Å². The molecule has 0 radical (unpaired) electrons. The van der Waals surface area contributed by atoms with Crippen LogP contribution in [0.5, 0.6) is 0 Å². The lowest BCUT2D eigenvalue weighted by Crippen LogP contribution is -2.25. The molecule has 0 fully saturated rings. The molecule has 21 heavy (non-hydrogen) atoms. The normalized spacial score (nSPS) is 12.3. The van der Waals surface area contributed by atoms with Gasteiger partial charge in [0, 0.05) is 11.8 Å². The highest BCUT2D eigenvalue weighted by Crippen LogP contribution is 2.25. The van der Waals surface area contributed by atoms with E-state index in [9.17, 15) is 21.6 Å². The fourth-order valence-corrected chi connectivity index (χ4v) is 1.93. The monoisotopic (exact) mass is 317 g/mol. The first-order chi connectivity index (χ1) is 9.79. The van der Waals surface area contributed by atoms with Crippen LogP contribution in [0.3, 0.4) is 0 Å². The molecule has 8 heteroatoms. The van der Waals surface area contributed by atoms with Crippen molar-refractivity contribution in [2.45, 2.75) is 12.1 Å². The van der Waals surface area contributed by atoms with Crippen molar-refractivity contribution in [3.63, 3.8) is 0 Å². The summed E-state index contributed by atoms with van der Waals surface area (Å²) in [5, 5.41) is 0. The minimum Gasteiger partial charge on any atom is -0.258 e. The lowest BCUT2D eigenvalue weighted by molar-refractivity contribution is -0.0547. The summed E-state index contributed by atoms with van der Waals surface area (Å²) in [6.45, 7) is -0.718. The van der Waals surface area contributed by atoms with Crippen LogP contribution in [-0.4, -0.2) is 18.9 Å². The molecule has 112 valence electrons. The van der Waals surface area contributed by atoms with Crippen molar-refractivity contribution in [2.75, 3.05) is 0 Å². The summed E-state index contributed by atoms with van der Waals surface area (Å²) in [5.41, 5.74) is -3.74. The van der Waals surface area contributed by atoms with Gasteiger partial charge >= 0.3 is 15.6 Å². The SMILES string of the molecule is O=S(=O)(OCc1ccc(-c2ccccc2)nc1)C(F)(F)F. The number of halogens is 3. The maximum absolute atomic E-state index is 12.1. The lowest BCUT2D eigenvalue weighted by atomic mass is 10.1. The van der Waals surface area contributed by atoms with Gasteiger partial charge < -0.3 is 0 Å². The summed E-state index contributed by atoms with van der Waals surface area (Å²) >= 11 is 0. The topological polar surface area (TPSA) is 56.3 Å². The third kappa shape index (κ3) is 3.79. The molecular formula is C13H10F3NO3S. The van der Waals surface area contributed by atoms with Crippen LogP contribution in [0.25, 0.3) is 11.3 Å². The van der Waals surface area contributed by atoms with E-state index < -0.39 is 22.2 Å². The molecule has 1 aromatic heterocycles. The molecule has 0 aliphatic heterocycles. The second kappa shape index (κ2) is 5.82. The average molecular weight is 317 g/mol. The van der Waals surface area contributed by atoms with E-state index in [1.165, 1.54) is 12.3 Å². The summed E-state index contributed by atoms with van der Waals surface area (Å²) in [7, 11) is -5.59. The van der Waals surface area contributed by atoms with Gasteiger partial charge in [0.05, 0.1) is 12.3 Å². The third-order valence-corrected chi connectivity index (χ3v) is 3.55. The van der Waals surface area contributed by atoms with Crippen LogP contribution in [-0.2, 0) is 20.9 Å². The van der Waals surface area contributed by atoms with Crippen molar-refractivity contribution in [3.8, 4) is 11.3 Å². The predicted molar refractivity (Wildman–Crippen MR) is 69.4 cm³/mol. The van der Waals surface area contributed by atoms with E-state index in [1.54, 1.807) is 6.07 Å². The molecule has 0 atom stereocenters. The van der Waals surface area contributed by atoms with Gasteiger partial charge in [-0.05, 0) is 11.6 Å². The fraction of sp³-hybridized carbons (Fsp3) is 0.154. The minimum absolute atomic E-state index is 0.225. The first-order valence-electron chi connectivity index (χ1n) is 5.76. The van der Waals surface area contributed by atoms with Crippen molar-refractivity contribution in [1.29, 1.82) is 0 Å². The van der Waals surface area contributed by atoms with E-state index in [0.29, 0.717) is 5.69 Å². The van der Waals surface area contributed by atoms with Gasteiger partial charge in [-0.15, -0.1) is 0 Å². The summed E-state index contributed by atoms with van der Waals surface area (Å²) in [4.78, 5) is 4.06. The van der Waals surface area contributed by atoms with Crippen molar-refractivity contribution in [2.24, 2.45) is 0 Å². The molecule has 0 unspecified atom stereocenters. The van der Waals surface area contributed by atoms with Gasteiger partial charge in [0.2, 0.25) is 0 Å². The van der Waals surface area contributed by atoms with Gasteiger partial charge in [0.1, 0.15) is 0 Å². The Labute approximate surface area is 119 Å². The zero-order chi connectivity index (χ0) is 15.5. The van der Waals surface area contributed by atoms with Crippen LogP contribution < -0.4 is 0 Å². The molecule has 2 rings (SSSR count). The molecule has 0 saturated heterocycles. The van der Waals surface area contributed by atoms with Crippen LogP contribution >= 0.6 is 0 Å². The summed E-state index contributed by atoms with van der Waals surface area (Å²) < 4.78 is 61.7. The summed E-state index contributed by atoms with van der Waals surface area (Å²) in [5.74, 6) is 0. The van der Waals surface area contributed by atoms with E-state index >= 15 is 0 Å². The highest BCUT2D eigenvalue weighted by molar-refractivity contribution is 7.87. The number of pyridine rings is 1. The minimum atomic E-state index is -5.59. The van der Waals surface area contributed by atoms with Crippen LogP contribution in [0.1, 0.15) is 5.56 Å². The lowest BCUT2D eigenvalue weighted by Gasteiger charge is -2.08. The fourth-order valence-electron chi connectivity index (χ4n) is 1.50. The Morgan fingerprint density at radius 2 is 1.71 bits per heavy atom. The van der Waals surface area contributed by atoms with Gasteiger partial charge in [-0.1, -0.05) is 36.4 Å². The molecule has 0 amide bonds. The van der Waals surface area contributed by atoms with Gasteiger partial charge in [0.25, 0.3) is 0 Å². The Hall–Kier alpha value is -1.93. The second-order valence-corrected chi connectivity index (χ2v) is 5.69. The van der Waals surface area contributed by atoms with Crippen LogP contribution in [0, 0.1) is 0 Å². The number of hydrogen-bond donors (Lipinski definition) is 0. The first kappa shape index (κ1) is 15.5. The zero-order valence-corrected chi connectivity index (χ0v) is 11.4. The van der Waals surface area contributed by atoms with Crippen molar-refractivity contribution < 1.29 is 25.8 Å². The highest BCUT2D eigenvalue weighted by Gasteiger charge is 2.47. The third-order valence-electron chi connectivity index (χ3n) is 2.56. The van der Waals surface area contributed by atoms with Gasteiger partial charge in [-0.3, -0.25) is 9.17 Å². The molecule has 2 aromatic rings. The number of rotatable bonds is 4. The van der Waals surface area contributed by atoms with E-state index in [0.717, 1.165) is 5.56 Å². The summed E-state index contributed by atoms with van der Waals surface area (Å²) in [6.07, 6.45) is 1.27. The Bertz CT molecular complexity index is 698. The summed E-state index contributed by atoms with van der Waals surface area (Å²) in [6, 6.07) is 12.2. The van der Waals surface area contributed by atoms with Crippen molar-refractivity contribution in [1.82, 2.24) is 4.98 Å². The quantitative estimate of drug-likeness (QED) is 0.642. The average Bonchev–Trinajstić information content (AvgIpc) is 2.45. The van der Waals surface area contributed by atoms with Gasteiger partial charge in [-0.25, -0.2) is 0 Å². The molecule has 0 spiro atoms. The Morgan fingerprint density at radius 1 is 1.05 bits per heavy atom. The van der Waals surface area contributed by atoms with Crippen LogP contribution in [0.4, 0.5) is 13.2 Å². The van der Waals surface area contributed by atoms with Crippen molar-refractivity contribution in [3.05, 3.63) is 54.2 Å². The molecule has 1 aromatic carbocycles. The standard InChI is InChI=1S/C13H10F3NO3S/c14-13(15,16)21(18,19)20-9-10-6-7-12(17-8-10)11-4-2-1-3-5-11/h1-8H,9H2. The van der Waals surface area contributed by atoms with E-state index in [1.807, 2.05) is 30.3 Å². The van der Waals surface area contributed by atoms with Gasteiger partial charge in [0.15, 0.2) is 0 Å². The molecular weight excluding hydrogens is 307 g/mol. The van der Waals surface area contributed by atoms with E-state index in [4.69, 9.17) is 0 Å². The predicted octanol–water partition coefficient (Wildman–Crippen LogP) is 3.11. The Morgan fingerprint density at radius 3 is 2.24 bits per heavy atom. The largest absolute Gasteiger partial charge is 0.523 e. The molecule has 4 nitrogen and oxygen atoms in total. The number of benzene rings is 1. The van der Waals surface area contributed by atoms with Crippen LogP contribution in [0.15, 0.2) is 48.7 Å². The van der Waals surface area contributed by atoms with E-state index in [-0.39, 0.29) is 5.56 Å². The number of hydrogen-bond acceptors (Lipinski definition) is 4. The zero-order valence-electron chi connectivity index (χ0n) is 10.5. The number of aromatic nitrogens is 1. The van der Waals surface area contributed by atoms with Gasteiger partial charge in [-0.2, -0.15) is 21.6 Å².